The number of carbonyl (C=O) groups is 1. The van der Waals surface area contributed by atoms with E-state index in [1.165, 1.54) is 24.4 Å². The van der Waals surface area contributed by atoms with E-state index in [9.17, 15) is 9.18 Å². The summed E-state index contributed by atoms with van der Waals surface area (Å²) in [6, 6.07) is 9.65. The minimum absolute atomic E-state index is 0.0167. The zero-order chi connectivity index (χ0) is 13.0. The van der Waals surface area contributed by atoms with E-state index < -0.39 is 11.7 Å². The second kappa shape index (κ2) is 5.55. The van der Waals surface area contributed by atoms with Gasteiger partial charge in [0.15, 0.2) is 0 Å². The van der Waals surface area contributed by atoms with Crippen LogP contribution >= 0.6 is 11.3 Å². The van der Waals surface area contributed by atoms with Gasteiger partial charge in [0.25, 0.3) is 5.91 Å². The van der Waals surface area contributed by atoms with Crippen molar-refractivity contribution in [2.24, 2.45) is 5.10 Å². The summed E-state index contributed by atoms with van der Waals surface area (Å²) in [6.07, 6.45) is 1.54. The Kier molecular flexibility index (Phi) is 3.84. The number of nitrogens with one attached hydrogen (secondary N) is 1. The minimum atomic E-state index is -0.558. The van der Waals surface area contributed by atoms with E-state index in [2.05, 4.69) is 10.5 Å². The summed E-state index contributed by atoms with van der Waals surface area (Å²) in [6.45, 7) is 1.99. The third-order valence-electron chi connectivity index (χ3n) is 2.24. The van der Waals surface area contributed by atoms with Crippen LogP contribution in [-0.2, 0) is 0 Å². The molecule has 92 valence electrons. The monoisotopic (exact) mass is 262 g/mol. The number of hydrogen-bond donors (Lipinski definition) is 1. The molecular formula is C13H11FN2OS. The van der Waals surface area contributed by atoms with Gasteiger partial charge in [0, 0.05) is 9.75 Å². The molecule has 0 atom stereocenters. The molecule has 18 heavy (non-hydrogen) atoms. The number of halogens is 1. The molecule has 3 nitrogen and oxygen atoms in total. The van der Waals surface area contributed by atoms with Crippen LogP contribution in [0.25, 0.3) is 0 Å². The molecule has 0 spiro atoms. The molecule has 0 aliphatic rings. The van der Waals surface area contributed by atoms with Gasteiger partial charge >= 0.3 is 0 Å². The lowest BCUT2D eigenvalue weighted by molar-refractivity contribution is 0.0951. The number of thiophene rings is 1. The molecule has 0 aliphatic heterocycles. The second-order valence-electron chi connectivity index (χ2n) is 3.63. The number of rotatable bonds is 3. The van der Waals surface area contributed by atoms with E-state index in [4.69, 9.17) is 0 Å². The average Bonchev–Trinajstić information content (AvgIpc) is 2.75. The number of carbonyl (C=O) groups excluding carboxylic acids is 1. The smallest absolute Gasteiger partial charge is 0.267 e. The average molecular weight is 262 g/mol. The Balaban J connectivity index is 2.01. The molecule has 0 fully saturated rings. The van der Waals surface area contributed by atoms with Crippen LogP contribution in [0.5, 0.6) is 0 Å². The van der Waals surface area contributed by atoms with Crippen molar-refractivity contribution in [2.45, 2.75) is 6.92 Å². The Morgan fingerprint density at radius 2 is 2.11 bits per heavy atom. The van der Waals surface area contributed by atoms with Crippen molar-refractivity contribution < 1.29 is 9.18 Å². The summed E-state index contributed by atoms with van der Waals surface area (Å²) < 4.78 is 13.3. The fourth-order valence-electron chi connectivity index (χ4n) is 1.38. The van der Waals surface area contributed by atoms with Gasteiger partial charge < -0.3 is 0 Å². The summed E-state index contributed by atoms with van der Waals surface area (Å²) in [7, 11) is 0. The van der Waals surface area contributed by atoms with E-state index in [0.717, 1.165) is 9.75 Å². The number of benzene rings is 1. The molecular weight excluding hydrogens is 251 g/mol. The highest BCUT2D eigenvalue weighted by Gasteiger charge is 2.08. The zero-order valence-electron chi connectivity index (χ0n) is 9.68. The van der Waals surface area contributed by atoms with Crippen LogP contribution in [0, 0.1) is 12.7 Å². The van der Waals surface area contributed by atoms with Crippen molar-refractivity contribution in [3.05, 3.63) is 57.5 Å². The van der Waals surface area contributed by atoms with Crippen molar-refractivity contribution >= 4 is 23.5 Å². The minimum Gasteiger partial charge on any atom is -0.267 e. The predicted molar refractivity (Wildman–Crippen MR) is 70.5 cm³/mol. The van der Waals surface area contributed by atoms with Crippen LogP contribution in [0.2, 0.25) is 0 Å². The lowest BCUT2D eigenvalue weighted by Gasteiger charge is -2.00. The van der Waals surface area contributed by atoms with E-state index in [1.54, 1.807) is 17.4 Å². The van der Waals surface area contributed by atoms with Gasteiger partial charge in [0.05, 0.1) is 11.8 Å². The van der Waals surface area contributed by atoms with Crippen molar-refractivity contribution in [3.63, 3.8) is 0 Å². The fraction of sp³-hybridized carbons (Fsp3) is 0.0769. The highest BCUT2D eigenvalue weighted by atomic mass is 32.1. The van der Waals surface area contributed by atoms with Crippen LogP contribution in [0.1, 0.15) is 20.1 Å². The summed E-state index contributed by atoms with van der Waals surface area (Å²) in [4.78, 5) is 13.7. The lowest BCUT2D eigenvalue weighted by Crippen LogP contribution is -2.18. The summed E-state index contributed by atoms with van der Waals surface area (Å²) in [5.41, 5.74) is 2.28. The molecule has 1 aromatic carbocycles. The fourth-order valence-corrected chi connectivity index (χ4v) is 2.13. The molecule has 0 bridgehead atoms. The molecule has 0 saturated heterocycles. The maximum Gasteiger partial charge on any atom is 0.274 e. The van der Waals surface area contributed by atoms with Gasteiger partial charge in [-0.05, 0) is 31.2 Å². The van der Waals surface area contributed by atoms with Gasteiger partial charge in [-0.25, -0.2) is 9.82 Å². The Labute approximate surface area is 108 Å². The van der Waals surface area contributed by atoms with E-state index >= 15 is 0 Å². The Hall–Kier alpha value is -2.01. The van der Waals surface area contributed by atoms with Gasteiger partial charge in [-0.3, -0.25) is 4.79 Å². The normalized spacial score (nSPS) is 10.8. The van der Waals surface area contributed by atoms with Crippen LogP contribution in [0.3, 0.4) is 0 Å². The summed E-state index contributed by atoms with van der Waals surface area (Å²) in [5.74, 6) is -1.12. The predicted octanol–water partition coefficient (Wildman–Crippen LogP) is 2.96. The molecule has 0 unspecified atom stereocenters. The lowest BCUT2D eigenvalue weighted by atomic mass is 10.2. The van der Waals surface area contributed by atoms with Gasteiger partial charge in [-0.1, -0.05) is 12.1 Å². The third-order valence-corrected chi connectivity index (χ3v) is 3.17. The molecule has 0 aliphatic carbocycles. The maximum absolute atomic E-state index is 13.3. The highest BCUT2D eigenvalue weighted by Crippen LogP contribution is 2.12. The van der Waals surface area contributed by atoms with Crippen LogP contribution in [-0.4, -0.2) is 12.1 Å². The topological polar surface area (TPSA) is 41.5 Å². The molecule has 1 amide bonds. The molecule has 1 N–H and O–H groups in total. The summed E-state index contributed by atoms with van der Waals surface area (Å²) >= 11 is 1.56. The van der Waals surface area contributed by atoms with Crippen molar-refractivity contribution in [3.8, 4) is 0 Å². The van der Waals surface area contributed by atoms with Crippen LogP contribution in [0.4, 0.5) is 4.39 Å². The van der Waals surface area contributed by atoms with Gasteiger partial charge in [0.2, 0.25) is 0 Å². The second-order valence-corrected chi connectivity index (χ2v) is 4.95. The highest BCUT2D eigenvalue weighted by molar-refractivity contribution is 7.13. The molecule has 0 radical (unpaired) electrons. The zero-order valence-corrected chi connectivity index (χ0v) is 10.5. The van der Waals surface area contributed by atoms with E-state index in [0.29, 0.717) is 0 Å². The van der Waals surface area contributed by atoms with Crippen LogP contribution < -0.4 is 5.43 Å². The van der Waals surface area contributed by atoms with Gasteiger partial charge in [-0.2, -0.15) is 5.10 Å². The molecule has 0 saturated carbocycles. The molecule has 5 heteroatoms. The number of nitrogens with zero attached hydrogens (tertiary/aromatic N) is 1. The van der Waals surface area contributed by atoms with Crippen LogP contribution in [0.15, 0.2) is 41.5 Å². The first-order valence-electron chi connectivity index (χ1n) is 5.31. The number of aryl methyl sites for hydroxylation is 1. The van der Waals surface area contributed by atoms with Gasteiger partial charge in [0.1, 0.15) is 5.82 Å². The third kappa shape index (κ3) is 3.01. The first-order valence-corrected chi connectivity index (χ1v) is 6.13. The van der Waals surface area contributed by atoms with Crippen molar-refractivity contribution in [2.75, 3.05) is 0 Å². The largest absolute Gasteiger partial charge is 0.274 e. The van der Waals surface area contributed by atoms with Crippen molar-refractivity contribution in [1.29, 1.82) is 0 Å². The standard InChI is InChI=1S/C13H11FN2OS/c1-9-6-7-10(18-9)8-15-16-13(17)11-4-2-3-5-12(11)14/h2-8H,1H3,(H,16,17). The number of hydrogen-bond acceptors (Lipinski definition) is 3. The first kappa shape index (κ1) is 12.4. The molecule has 1 aromatic heterocycles. The molecule has 2 aromatic rings. The number of hydrazone groups is 1. The summed E-state index contributed by atoms with van der Waals surface area (Å²) in [5, 5.41) is 3.79. The molecule has 1 heterocycles. The van der Waals surface area contributed by atoms with Gasteiger partial charge in [-0.15, -0.1) is 11.3 Å². The number of amides is 1. The van der Waals surface area contributed by atoms with Crippen molar-refractivity contribution in [1.82, 2.24) is 5.43 Å². The quantitative estimate of drug-likeness (QED) is 0.670. The van der Waals surface area contributed by atoms with E-state index in [1.807, 2.05) is 19.1 Å². The Bertz CT molecular complexity index is 592. The first-order chi connectivity index (χ1) is 8.66. The Morgan fingerprint density at radius 1 is 1.33 bits per heavy atom. The SMILES string of the molecule is Cc1ccc(C=NNC(=O)c2ccccc2F)s1. The van der Waals surface area contributed by atoms with E-state index in [-0.39, 0.29) is 5.56 Å². The maximum atomic E-state index is 13.3. The Morgan fingerprint density at radius 3 is 2.78 bits per heavy atom. The molecule has 2 rings (SSSR count).